The van der Waals surface area contributed by atoms with Gasteiger partial charge in [-0.25, -0.2) is 4.68 Å². The molecular formula is C12H24N4O2. The van der Waals surface area contributed by atoms with Gasteiger partial charge in [0.1, 0.15) is 5.82 Å². The van der Waals surface area contributed by atoms with Gasteiger partial charge in [-0.1, -0.05) is 0 Å². The molecule has 0 aliphatic rings. The van der Waals surface area contributed by atoms with Gasteiger partial charge in [0.05, 0.1) is 24.0 Å². The minimum Gasteiger partial charge on any atom is -0.396 e. The van der Waals surface area contributed by atoms with E-state index in [9.17, 15) is 0 Å². The van der Waals surface area contributed by atoms with Crippen LogP contribution in [0.2, 0.25) is 0 Å². The minimum atomic E-state index is 0.0240. The Hall–Kier alpha value is -1.27. The number of nitrogens with two attached hydrogens (primary N) is 1. The second kappa shape index (κ2) is 6.61. The van der Waals surface area contributed by atoms with E-state index in [1.807, 2.05) is 11.6 Å². The Kier molecular flexibility index (Phi) is 5.43. The van der Waals surface area contributed by atoms with E-state index < -0.39 is 0 Å². The summed E-state index contributed by atoms with van der Waals surface area (Å²) in [5.41, 5.74) is 7.50. The SMILES string of the molecule is COCC(CCO)Nc1c(N)c(C)nn1C(C)C. The average molecular weight is 256 g/mol. The molecule has 4 N–H and O–H groups in total. The molecule has 6 heteroatoms. The van der Waals surface area contributed by atoms with Gasteiger partial charge in [-0.2, -0.15) is 5.10 Å². The predicted molar refractivity (Wildman–Crippen MR) is 72.8 cm³/mol. The number of rotatable bonds is 7. The fraction of sp³-hybridized carbons (Fsp3) is 0.750. The molecule has 1 rings (SSSR count). The molecule has 104 valence electrons. The van der Waals surface area contributed by atoms with Crippen molar-refractivity contribution in [2.75, 3.05) is 31.4 Å². The number of methoxy groups -OCH3 is 1. The van der Waals surface area contributed by atoms with Crippen LogP contribution in [0.15, 0.2) is 0 Å². The van der Waals surface area contributed by atoms with Crippen LogP contribution in [0, 0.1) is 6.92 Å². The average Bonchev–Trinajstić information content (AvgIpc) is 2.58. The lowest BCUT2D eigenvalue weighted by molar-refractivity contribution is 0.170. The molecule has 0 amide bonds. The molecule has 1 heterocycles. The summed E-state index contributed by atoms with van der Waals surface area (Å²) in [5.74, 6) is 0.804. The van der Waals surface area contributed by atoms with Gasteiger partial charge in [-0.15, -0.1) is 0 Å². The summed E-state index contributed by atoms with van der Waals surface area (Å²) in [7, 11) is 1.64. The third-order valence-corrected chi connectivity index (χ3v) is 2.81. The van der Waals surface area contributed by atoms with Gasteiger partial charge >= 0.3 is 0 Å². The Morgan fingerprint density at radius 2 is 2.17 bits per heavy atom. The van der Waals surface area contributed by atoms with E-state index in [4.69, 9.17) is 15.6 Å². The van der Waals surface area contributed by atoms with Crippen LogP contribution >= 0.6 is 0 Å². The first kappa shape index (κ1) is 14.8. The van der Waals surface area contributed by atoms with E-state index in [0.29, 0.717) is 18.7 Å². The molecule has 1 aromatic heterocycles. The van der Waals surface area contributed by atoms with Crippen LogP contribution in [0.4, 0.5) is 11.5 Å². The first-order chi connectivity index (χ1) is 8.51. The second-order valence-corrected chi connectivity index (χ2v) is 4.69. The number of nitrogens with one attached hydrogen (secondary N) is 1. The van der Waals surface area contributed by atoms with Gasteiger partial charge < -0.3 is 20.9 Å². The van der Waals surface area contributed by atoms with Crippen molar-refractivity contribution in [2.45, 2.75) is 39.3 Å². The highest BCUT2D eigenvalue weighted by Crippen LogP contribution is 2.26. The lowest BCUT2D eigenvalue weighted by atomic mass is 10.2. The van der Waals surface area contributed by atoms with E-state index in [-0.39, 0.29) is 18.7 Å². The number of nitrogen functional groups attached to an aromatic ring is 1. The summed E-state index contributed by atoms with van der Waals surface area (Å²) in [5, 5.41) is 16.8. The first-order valence-corrected chi connectivity index (χ1v) is 6.22. The van der Waals surface area contributed by atoms with E-state index in [1.165, 1.54) is 0 Å². The van der Waals surface area contributed by atoms with Crippen LogP contribution in [0.1, 0.15) is 32.0 Å². The molecule has 0 saturated heterocycles. The molecule has 1 unspecified atom stereocenters. The third kappa shape index (κ3) is 3.36. The number of hydrogen-bond donors (Lipinski definition) is 3. The molecule has 0 aliphatic carbocycles. The van der Waals surface area contributed by atoms with Crippen molar-refractivity contribution in [3.05, 3.63) is 5.69 Å². The minimum absolute atomic E-state index is 0.0240. The quantitative estimate of drug-likeness (QED) is 0.681. The molecular weight excluding hydrogens is 232 g/mol. The number of anilines is 2. The monoisotopic (exact) mass is 256 g/mol. The van der Waals surface area contributed by atoms with Gasteiger partial charge in [0.2, 0.25) is 0 Å². The van der Waals surface area contributed by atoms with Crippen molar-refractivity contribution in [3.63, 3.8) is 0 Å². The van der Waals surface area contributed by atoms with Crippen molar-refractivity contribution in [2.24, 2.45) is 0 Å². The molecule has 0 saturated carbocycles. The number of aryl methyl sites for hydroxylation is 1. The Bertz CT molecular complexity index is 370. The Labute approximate surface area is 108 Å². The maximum absolute atomic E-state index is 9.05. The standard InChI is InChI=1S/C12H24N4O2/c1-8(2)16-12(11(13)9(3)15-16)14-10(5-6-17)7-18-4/h8,10,14,17H,5-7,13H2,1-4H3. The van der Waals surface area contributed by atoms with E-state index in [1.54, 1.807) is 7.11 Å². The van der Waals surface area contributed by atoms with E-state index in [2.05, 4.69) is 24.3 Å². The fourth-order valence-corrected chi connectivity index (χ4v) is 1.83. The van der Waals surface area contributed by atoms with Crippen molar-refractivity contribution in [3.8, 4) is 0 Å². The highest BCUT2D eigenvalue weighted by molar-refractivity contribution is 5.65. The van der Waals surface area contributed by atoms with Gasteiger partial charge in [-0.3, -0.25) is 0 Å². The lowest BCUT2D eigenvalue weighted by Gasteiger charge is -2.20. The third-order valence-electron chi connectivity index (χ3n) is 2.81. The predicted octanol–water partition coefficient (Wildman–Crippen LogP) is 1.16. The molecule has 0 spiro atoms. The van der Waals surface area contributed by atoms with Crippen LogP contribution in [-0.4, -0.2) is 41.3 Å². The largest absolute Gasteiger partial charge is 0.396 e. The highest BCUT2D eigenvalue weighted by atomic mass is 16.5. The maximum atomic E-state index is 9.05. The zero-order valence-electron chi connectivity index (χ0n) is 11.6. The molecule has 0 fully saturated rings. The van der Waals surface area contributed by atoms with Crippen LogP contribution in [0.25, 0.3) is 0 Å². The van der Waals surface area contributed by atoms with Crippen LogP contribution in [-0.2, 0) is 4.74 Å². The maximum Gasteiger partial charge on any atom is 0.148 e. The van der Waals surface area contributed by atoms with Crippen molar-refractivity contribution in [1.82, 2.24) is 9.78 Å². The Morgan fingerprint density at radius 1 is 1.50 bits per heavy atom. The zero-order chi connectivity index (χ0) is 13.7. The lowest BCUT2D eigenvalue weighted by Crippen LogP contribution is -2.28. The summed E-state index contributed by atoms with van der Waals surface area (Å²) in [6.07, 6.45) is 0.607. The van der Waals surface area contributed by atoms with Gasteiger partial charge in [-0.05, 0) is 27.2 Å². The number of aromatic nitrogens is 2. The van der Waals surface area contributed by atoms with Gasteiger partial charge in [0.15, 0.2) is 0 Å². The van der Waals surface area contributed by atoms with Gasteiger partial charge in [0.25, 0.3) is 0 Å². The zero-order valence-corrected chi connectivity index (χ0v) is 11.6. The van der Waals surface area contributed by atoms with Crippen LogP contribution in [0.3, 0.4) is 0 Å². The topological polar surface area (TPSA) is 85.3 Å². The summed E-state index contributed by atoms with van der Waals surface area (Å²) < 4.78 is 7.00. The van der Waals surface area contributed by atoms with E-state index >= 15 is 0 Å². The molecule has 18 heavy (non-hydrogen) atoms. The van der Waals surface area contributed by atoms with Crippen LogP contribution in [0.5, 0.6) is 0 Å². The summed E-state index contributed by atoms with van der Waals surface area (Å²) in [6.45, 7) is 6.61. The molecule has 0 bridgehead atoms. The van der Waals surface area contributed by atoms with Crippen molar-refractivity contribution in [1.29, 1.82) is 0 Å². The normalized spacial score (nSPS) is 13.0. The van der Waals surface area contributed by atoms with Crippen molar-refractivity contribution < 1.29 is 9.84 Å². The fourth-order valence-electron chi connectivity index (χ4n) is 1.83. The van der Waals surface area contributed by atoms with Gasteiger partial charge in [0, 0.05) is 19.8 Å². The number of nitrogens with zero attached hydrogens (tertiary/aromatic N) is 2. The smallest absolute Gasteiger partial charge is 0.148 e. The number of aliphatic hydroxyl groups excluding tert-OH is 1. The van der Waals surface area contributed by atoms with E-state index in [0.717, 1.165) is 11.5 Å². The first-order valence-electron chi connectivity index (χ1n) is 6.22. The molecule has 1 atom stereocenters. The number of hydrogen-bond acceptors (Lipinski definition) is 5. The molecule has 0 aliphatic heterocycles. The molecule has 0 aromatic carbocycles. The van der Waals surface area contributed by atoms with Crippen molar-refractivity contribution >= 4 is 11.5 Å². The molecule has 1 aromatic rings. The number of ether oxygens (including phenoxy) is 1. The summed E-state index contributed by atoms with van der Waals surface area (Å²) in [4.78, 5) is 0. The van der Waals surface area contributed by atoms with Crippen LogP contribution < -0.4 is 11.1 Å². The summed E-state index contributed by atoms with van der Waals surface area (Å²) in [6, 6.07) is 0.247. The molecule has 0 radical (unpaired) electrons. The second-order valence-electron chi connectivity index (χ2n) is 4.69. The number of aliphatic hydroxyl groups is 1. The Morgan fingerprint density at radius 3 is 2.67 bits per heavy atom. The molecule has 6 nitrogen and oxygen atoms in total. The highest BCUT2D eigenvalue weighted by Gasteiger charge is 2.18. The Balaban J connectivity index is 2.93. The summed E-state index contributed by atoms with van der Waals surface area (Å²) >= 11 is 0.